The average Bonchev–Trinajstić information content (AvgIpc) is 2.53. The zero-order valence-electron chi connectivity index (χ0n) is 9.03. The molecule has 0 saturated carbocycles. The van der Waals surface area contributed by atoms with E-state index in [1.807, 2.05) is 11.8 Å². The third kappa shape index (κ3) is 2.19. The number of rotatable bonds is 1. The van der Waals surface area contributed by atoms with Gasteiger partial charge in [-0.15, -0.1) is 0 Å². The number of aromatic nitrogens is 1. The Labute approximate surface area is 89.2 Å². The fourth-order valence-electron chi connectivity index (χ4n) is 1.91. The maximum atomic E-state index is 12.0. The van der Waals surface area contributed by atoms with Gasteiger partial charge in [0, 0.05) is 18.7 Å². The molecule has 2 heterocycles. The number of amides is 1. The quantitative estimate of drug-likeness (QED) is 0.709. The molecule has 1 amide bonds. The molecule has 4 nitrogen and oxygen atoms in total. The SMILES string of the molecule is Cc1cnoc1C(=O)N1CCCCCC1. The monoisotopic (exact) mass is 208 g/mol. The molecule has 1 fully saturated rings. The van der Waals surface area contributed by atoms with Crippen molar-refractivity contribution in [1.29, 1.82) is 0 Å². The van der Waals surface area contributed by atoms with E-state index < -0.39 is 0 Å². The van der Waals surface area contributed by atoms with Gasteiger partial charge in [0.1, 0.15) is 0 Å². The van der Waals surface area contributed by atoms with Crippen molar-refractivity contribution in [1.82, 2.24) is 10.1 Å². The van der Waals surface area contributed by atoms with E-state index in [1.54, 1.807) is 6.20 Å². The lowest BCUT2D eigenvalue weighted by atomic mass is 10.2. The summed E-state index contributed by atoms with van der Waals surface area (Å²) in [5.74, 6) is 0.392. The highest BCUT2D eigenvalue weighted by atomic mass is 16.5. The Kier molecular flexibility index (Phi) is 3.04. The van der Waals surface area contributed by atoms with Crippen molar-refractivity contribution in [3.05, 3.63) is 17.5 Å². The van der Waals surface area contributed by atoms with Crippen molar-refractivity contribution in [3.8, 4) is 0 Å². The highest BCUT2D eigenvalue weighted by Crippen LogP contribution is 2.15. The van der Waals surface area contributed by atoms with E-state index in [9.17, 15) is 4.79 Å². The number of carbonyl (C=O) groups excluding carboxylic acids is 1. The molecule has 1 aliphatic heterocycles. The molecule has 0 atom stereocenters. The van der Waals surface area contributed by atoms with Gasteiger partial charge in [0.15, 0.2) is 0 Å². The van der Waals surface area contributed by atoms with E-state index in [0.29, 0.717) is 5.76 Å². The van der Waals surface area contributed by atoms with Gasteiger partial charge in [-0.05, 0) is 19.8 Å². The van der Waals surface area contributed by atoms with Crippen LogP contribution < -0.4 is 0 Å². The molecule has 4 heteroatoms. The fourth-order valence-corrected chi connectivity index (χ4v) is 1.91. The van der Waals surface area contributed by atoms with Crippen molar-refractivity contribution in [2.24, 2.45) is 0 Å². The van der Waals surface area contributed by atoms with Crippen LogP contribution >= 0.6 is 0 Å². The highest BCUT2D eigenvalue weighted by molar-refractivity contribution is 5.92. The summed E-state index contributed by atoms with van der Waals surface area (Å²) in [6.07, 6.45) is 6.22. The topological polar surface area (TPSA) is 46.3 Å². The van der Waals surface area contributed by atoms with Crippen LogP contribution in [0.15, 0.2) is 10.7 Å². The van der Waals surface area contributed by atoms with Gasteiger partial charge in [-0.2, -0.15) is 0 Å². The number of hydrogen-bond donors (Lipinski definition) is 0. The lowest BCUT2D eigenvalue weighted by Gasteiger charge is -2.18. The van der Waals surface area contributed by atoms with Gasteiger partial charge in [-0.25, -0.2) is 0 Å². The Morgan fingerprint density at radius 3 is 2.53 bits per heavy atom. The minimum absolute atomic E-state index is 0.00750. The summed E-state index contributed by atoms with van der Waals surface area (Å²) in [5, 5.41) is 3.64. The number of nitrogens with zero attached hydrogens (tertiary/aromatic N) is 2. The Morgan fingerprint density at radius 1 is 1.33 bits per heavy atom. The maximum Gasteiger partial charge on any atom is 0.292 e. The van der Waals surface area contributed by atoms with Crippen LogP contribution in [0.1, 0.15) is 41.8 Å². The molecule has 1 aromatic heterocycles. The summed E-state index contributed by atoms with van der Waals surface area (Å²) in [5.41, 5.74) is 0.823. The Hall–Kier alpha value is -1.32. The molecule has 1 saturated heterocycles. The maximum absolute atomic E-state index is 12.0. The molecule has 82 valence electrons. The highest BCUT2D eigenvalue weighted by Gasteiger charge is 2.22. The van der Waals surface area contributed by atoms with Crippen LogP contribution in [0.25, 0.3) is 0 Å². The fraction of sp³-hybridized carbons (Fsp3) is 0.636. The van der Waals surface area contributed by atoms with E-state index >= 15 is 0 Å². The molecule has 1 aromatic rings. The zero-order chi connectivity index (χ0) is 10.7. The molecule has 2 rings (SSSR count). The minimum atomic E-state index is -0.00750. The first kappa shape index (κ1) is 10.2. The molecule has 0 aliphatic carbocycles. The lowest BCUT2D eigenvalue weighted by molar-refractivity contribution is 0.0718. The van der Waals surface area contributed by atoms with E-state index in [4.69, 9.17) is 4.52 Å². The average molecular weight is 208 g/mol. The molecular weight excluding hydrogens is 192 g/mol. The van der Waals surface area contributed by atoms with Crippen molar-refractivity contribution in [2.45, 2.75) is 32.6 Å². The van der Waals surface area contributed by atoms with Gasteiger partial charge in [0.2, 0.25) is 5.76 Å². The predicted octanol–water partition coefficient (Wildman–Crippen LogP) is 2.00. The number of aryl methyl sites for hydroxylation is 1. The molecule has 1 aliphatic rings. The molecule has 0 spiro atoms. The second kappa shape index (κ2) is 4.47. The second-order valence-corrected chi connectivity index (χ2v) is 4.04. The first-order chi connectivity index (χ1) is 7.29. The molecular formula is C11H16N2O2. The standard InChI is InChI=1S/C11H16N2O2/c1-9-8-12-15-10(9)11(14)13-6-4-2-3-5-7-13/h8H,2-7H2,1H3. The first-order valence-electron chi connectivity index (χ1n) is 5.49. The van der Waals surface area contributed by atoms with Crippen LogP contribution in [0, 0.1) is 6.92 Å². The molecule has 0 aromatic carbocycles. The van der Waals surface area contributed by atoms with Crippen molar-refractivity contribution >= 4 is 5.91 Å². The van der Waals surface area contributed by atoms with Crippen LogP contribution in [0.3, 0.4) is 0 Å². The summed E-state index contributed by atoms with van der Waals surface area (Å²) in [7, 11) is 0. The summed E-state index contributed by atoms with van der Waals surface area (Å²) in [6.45, 7) is 3.54. The summed E-state index contributed by atoms with van der Waals surface area (Å²) >= 11 is 0. The van der Waals surface area contributed by atoms with Crippen molar-refractivity contribution < 1.29 is 9.32 Å². The van der Waals surface area contributed by atoms with Gasteiger partial charge >= 0.3 is 0 Å². The van der Waals surface area contributed by atoms with Crippen LogP contribution in [0.2, 0.25) is 0 Å². The normalized spacial score (nSPS) is 17.5. The molecule has 15 heavy (non-hydrogen) atoms. The predicted molar refractivity (Wildman–Crippen MR) is 55.6 cm³/mol. The van der Waals surface area contributed by atoms with E-state index in [0.717, 1.165) is 31.5 Å². The van der Waals surface area contributed by atoms with Gasteiger partial charge in [-0.1, -0.05) is 18.0 Å². The van der Waals surface area contributed by atoms with Gasteiger partial charge in [0.25, 0.3) is 5.91 Å². The van der Waals surface area contributed by atoms with Crippen LogP contribution in [-0.4, -0.2) is 29.1 Å². The zero-order valence-corrected chi connectivity index (χ0v) is 9.03. The van der Waals surface area contributed by atoms with Gasteiger partial charge in [0.05, 0.1) is 6.20 Å². The van der Waals surface area contributed by atoms with Crippen LogP contribution in [0.5, 0.6) is 0 Å². The third-order valence-electron chi connectivity index (χ3n) is 2.84. The number of likely N-dealkylation sites (tertiary alicyclic amines) is 1. The number of carbonyl (C=O) groups is 1. The first-order valence-corrected chi connectivity index (χ1v) is 5.49. The lowest BCUT2D eigenvalue weighted by Crippen LogP contribution is -2.31. The second-order valence-electron chi connectivity index (χ2n) is 4.04. The summed E-state index contributed by atoms with van der Waals surface area (Å²) in [6, 6.07) is 0. The number of hydrogen-bond acceptors (Lipinski definition) is 3. The molecule has 0 bridgehead atoms. The largest absolute Gasteiger partial charge is 0.351 e. The van der Waals surface area contributed by atoms with Gasteiger partial charge < -0.3 is 9.42 Å². The summed E-state index contributed by atoms with van der Waals surface area (Å²) < 4.78 is 4.98. The minimum Gasteiger partial charge on any atom is -0.351 e. The Morgan fingerprint density at radius 2 is 2.00 bits per heavy atom. The van der Waals surface area contributed by atoms with E-state index in [1.165, 1.54) is 12.8 Å². The van der Waals surface area contributed by atoms with Crippen LogP contribution in [0.4, 0.5) is 0 Å². The van der Waals surface area contributed by atoms with Crippen molar-refractivity contribution in [2.75, 3.05) is 13.1 Å². The van der Waals surface area contributed by atoms with Crippen LogP contribution in [-0.2, 0) is 0 Å². The molecule has 0 N–H and O–H groups in total. The third-order valence-corrected chi connectivity index (χ3v) is 2.84. The Balaban J connectivity index is 2.09. The smallest absolute Gasteiger partial charge is 0.292 e. The van der Waals surface area contributed by atoms with E-state index in [-0.39, 0.29) is 5.91 Å². The molecule has 0 unspecified atom stereocenters. The summed E-state index contributed by atoms with van der Waals surface area (Å²) in [4.78, 5) is 13.9. The van der Waals surface area contributed by atoms with Crippen molar-refractivity contribution in [3.63, 3.8) is 0 Å². The Bertz CT molecular complexity index is 338. The molecule has 0 radical (unpaired) electrons. The van der Waals surface area contributed by atoms with E-state index in [2.05, 4.69) is 5.16 Å². The van der Waals surface area contributed by atoms with Gasteiger partial charge in [-0.3, -0.25) is 4.79 Å².